The third-order valence-electron chi connectivity index (χ3n) is 14.4. The quantitative estimate of drug-likeness (QED) is 0.0283. The van der Waals surface area contributed by atoms with E-state index >= 15 is 0 Å². The SMILES string of the molecule is C=C(/C=C/c1ccc(N2CCN(c3ccc(C(C)C)nc3)CC2)cc1)NO.CC(C)c1ccc(N2CCN(C(=O)c3ccc(C(=O)CO)cc3)CC2)cn1.CC(C)c1ccc(N2CCN(c3ccc(C(=O)NO)cc3)CC2)cn1. The number of pyridine rings is 3. The van der Waals surface area contributed by atoms with Crippen LogP contribution in [0.15, 0.2) is 146 Å². The van der Waals surface area contributed by atoms with E-state index in [0.717, 1.165) is 99.5 Å². The largest absolute Gasteiger partial charge is 0.388 e. The van der Waals surface area contributed by atoms with Crippen molar-refractivity contribution >= 4 is 52.1 Å². The molecule has 0 radical (unpaired) electrons. The number of hydroxylamine groups is 2. The lowest BCUT2D eigenvalue weighted by molar-refractivity contribution is 0.0705. The number of rotatable bonds is 15. The monoisotopic (exact) mass is 1070 g/mol. The van der Waals surface area contributed by atoms with E-state index in [-0.39, 0.29) is 11.7 Å². The molecular formula is C62H77N11O6. The highest BCUT2D eigenvalue weighted by Crippen LogP contribution is 2.25. The van der Waals surface area contributed by atoms with Gasteiger partial charge in [-0.25, -0.2) is 5.48 Å². The minimum Gasteiger partial charge on any atom is -0.388 e. The molecular weight excluding hydrogens is 995 g/mol. The molecule has 5 N–H and O–H groups in total. The van der Waals surface area contributed by atoms with Crippen molar-refractivity contribution in [2.24, 2.45) is 0 Å². The molecule has 3 saturated heterocycles. The third kappa shape index (κ3) is 16.2. The minimum atomic E-state index is -0.526. The number of Topliss-reactive ketones (excluding diaryl/α,β-unsaturated/α-hetero) is 1. The van der Waals surface area contributed by atoms with Crippen LogP contribution in [0.25, 0.3) is 6.08 Å². The van der Waals surface area contributed by atoms with Gasteiger partial charge >= 0.3 is 0 Å². The van der Waals surface area contributed by atoms with Crippen LogP contribution in [0, 0.1) is 0 Å². The zero-order chi connectivity index (χ0) is 56.4. The number of benzene rings is 3. The van der Waals surface area contributed by atoms with Gasteiger partial charge in [0, 0.05) is 124 Å². The molecule has 79 heavy (non-hydrogen) atoms. The zero-order valence-corrected chi connectivity index (χ0v) is 46.5. The second-order valence-electron chi connectivity index (χ2n) is 20.7. The van der Waals surface area contributed by atoms with Gasteiger partial charge < -0.3 is 34.5 Å². The van der Waals surface area contributed by atoms with Crippen molar-refractivity contribution in [3.05, 3.63) is 185 Å². The summed E-state index contributed by atoms with van der Waals surface area (Å²) in [5, 5.41) is 26.3. The first-order valence-corrected chi connectivity index (χ1v) is 27.2. The fourth-order valence-corrected chi connectivity index (χ4v) is 9.38. The number of hydrogen-bond donors (Lipinski definition) is 5. The van der Waals surface area contributed by atoms with Crippen molar-refractivity contribution in [3.8, 4) is 0 Å². The van der Waals surface area contributed by atoms with Crippen molar-refractivity contribution in [1.29, 1.82) is 0 Å². The Labute approximate surface area is 465 Å². The van der Waals surface area contributed by atoms with E-state index in [1.54, 1.807) is 48.0 Å². The molecule has 3 aromatic heterocycles. The van der Waals surface area contributed by atoms with Gasteiger partial charge in [-0.15, -0.1) is 0 Å². The van der Waals surface area contributed by atoms with Crippen LogP contribution in [0.4, 0.5) is 28.4 Å². The third-order valence-corrected chi connectivity index (χ3v) is 14.4. The molecule has 9 rings (SSSR count). The highest BCUT2D eigenvalue weighted by atomic mass is 16.5. The van der Waals surface area contributed by atoms with Gasteiger partial charge in [0.25, 0.3) is 11.8 Å². The molecule has 0 aliphatic carbocycles. The summed E-state index contributed by atoms with van der Waals surface area (Å²) < 4.78 is 0. The molecule has 17 heteroatoms. The molecule has 3 aliphatic rings. The fraction of sp³-hybridized carbons (Fsp3) is 0.355. The minimum absolute atomic E-state index is 0.0362. The Morgan fingerprint density at radius 2 is 0.823 bits per heavy atom. The Bertz CT molecular complexity index is 2910. The topological polar surface area (TPSA) is 194 Å². The van der Waals surface area contributed by atoms with Gasteiger partial charge in [0.05, 0.1) is 41.3 Å². The Morgan fingerprint density at radius 1 is 0.481 bits per heavy atom. The van der Waals surface area contributed by atoms with Crippen LogP contribution < -0.4 is 35.5 Å². The lowest BCUT2D eigenvalue weighted by Gasteiger charge is -2.37. The summed E-state index contributed by atoms with van der Waals surface area (Å²) in [5.41, 5.74) is 15.7. The molecule has 0 bridgehead atoms. The number of aliphatic hydroxyl groups excluding tert-OH is 1. The van der Waals surface area contributed by atoms with Crippen LogP contribution in [0.2, 0.25) is 0 Å². The summed E-state index contributed by atoms with van der Waals surface area (Å²) in [4.78, 5) is 62.7. The number of ketones is 1. The number of carbonyl (C=O) groups is 3. The Kier molecular flexibility index (Phi) is 21.1. The normalized spacial score (nSPS) is 14.7. The van der Waals surface area contributed by atoms with E-state index in [4.69, 9.17) is 15.5 Å². The van der Waals surface area contributed by atoms with Gasteiger partial charge in [-0.05, 0) is 114 Å². The number of amides is 2. The van der Waals surface area contributed by atoms with Crippen LogP contribution >= 0.6 is 0 Å². The second kappa shape index (κ2) is 28.5. The van der Waals surface area contributed by atoms with Crippen molar-refractivity contribution in [1.82, 2.24) is 30.8 Å². The van der Waals surface area contributed by atoms with Crippen LogP contribution in [0.1, 0.15) is 113 Å². The number of aliphatic hydroxyl groups is 1. The molecule has 6 aromatic rings. The summed E-state index contributed by atoms with van der Waals surface area (Å²) in [6.45, 7) is 26.5. The second-order valence-corrected chi connectivity index (χ2v) is 20.7. The molecule has 17 nitrogen and oxygen atoms in total. The van der Waals surface area contributed by atoms with Crippen LogP contribution in [0.5, 0.6) is 0 Å². The molecule has 0 spiro atoms. The van der Waals surface area contributed by atoms with E-state index in [2.05, 4.69) is 148 Å². The van der Waals surface area contributed by atoms with Gasteiger partial charge in [0.15, 0.2) is 5.78 Å². The van der Waals surface area contributed by atoms with Crippen LogP contribution in [-0.4, -0.2) is 138 Å². The van der Waals surface area contributed by atoms with E-state index in [1.807, 2.05) is 47.2 Å². The highest BCUT2D eigenvalue weighted by molar-refractivity contribution is 5.99. The van der Waals surface area contributed by atoms with Crippen molar-refractivity contribution in [2.75, 3.05) is 110 Å². The lowest BCUT2D eigenvalue weighted by Crippen LogP contribution is -2.48. The summed E-state index contributed by atoms with van der Waals surface area (Å²) in [6, 6.07) is 34.9. The maximum atomic E-state index is 12.7. The number of nitrogens with zero attached hydrogens (tertiary/aromatic N) is 9. The smallest absolute Gasteiger partial charge is 0.274 e. The standard InChI is InChI=1S/C22H28N4O.C21H25N3O3.C19H24N4O2/c1-17(2)22-11-10-21(16-23-22)26-14-12-25(13-15-26)20-8-6-19(7-9-20)5-4-18(3)24-27;1-15(2)19-8-7-18(13-22-19)23-9-11-24(12-10-23)21(27)17-5-3-16(4-6-17)20(26)14-25;1-14(2)18-8-7-17(13-20-18)23-11-9-22(10-12-23)16-5-3-15(4-6-16)19(24)21-25/h4-11,16-17,24,27H,3,12-15H2,1-2H3;3-8,13,15,25H,9-12,14H2,1-2H3;3-8,13-14,25H,9-12H2,1-2H3,(H,21,24)/b5-4+;;. The predicted molar refractivity (Wildman–Crippen MR) is 315 cm³/mol. The lowest BCUT2D eigenvalue weighted by atomic mass is 10.1. The van der Waals surface area contributed by atoms with Gasteiger partial charge in [-0.1, -0.05) is 78.5 Å². The van der Waals surface area contributed by atoms with Crippen LogP contribution in [0.3, 0.4) is 0 Å². The average Bonchev–Trinajstić information content (AvgIpc) is 3.50. The van der Waals surface area contributed by atoms with Gasteiger partial charge in [-0.3, -0.25) is 45.2 Å². The summed E-state index contributed by atoms with van der Waals surface area (Å²) in [5.74, 6) is 0.445. The number of anilines is 5. The first-order chi connectivity index (χ1) is 38.1. The molecule has 3 aliphatic heterocycles. The fourth-order valence-electron chi connectivity index (χ4n) is 9.38. The first kappa shape index (κ1) is 58.6. The van der Waals surface area contributed by atoms with Crippen molar-refractivity contribution in [2.45, 2.75) is 59.3 Å². The van der Waals surface area contributed by atoms with Crippen molar-refractivity contribution < 1.29 is 29.9 Å². The Hall–Kier alpha value is -8.12. The van der Waals surface area contributed by atoms with E-state index in [1.165, 1.54) is 17.1 Å². The maximum absolute atomic E-state index is 12.7. The molecule has 416 valence electrons. The summed E-state index contributed by atoms with van der Waals surface area (Å²) in [6.07, 6.45) is 9.53. The number of carbonyl (C=O) groups excluding carboxylic acids is 3. The van der Waals surface area contributed by atoms with E-state index in [0.29, 0.717) is 53.2 Å². The molecule has 2 amide bonds. The Morgan fingerprint density at radius 3 is 1.16 bits per heavy atom. The van der Waals surface area contributed by atoms with E-state index < -0.39 is 12.5 Å². The molecule has 3 aromatic carbocycles. The molecule has 3 fully saturated rings. The predicted octanol–water partition coefficient (Wildman–Crippen LogP) is 9.03. The molecule has 0 unspecified atom stereocenters. The number of hydrogen-bond acceptors (Lipinski definition) is 15. The van der Waals surface area contributed by atoms with Gasteiger partial charge in [0.1, 0.15) is 6.61 Å². The Balaban J connectivity index is 0.000000172. The van der Waals surface area contributed by atoms with Gasteiger partial charge in [0.2, 0.25) is 0 Å². The van der Waals surface area contributed by atoms with E-state index in [9.17, 15) is 14.4 Å². The number of piperazine rings is 3. The first-order valence-electron chi connectivity index (χ1n) is 27.2. The summed E-state index contributed by atoms with van der Waals surface area (Å²) >= 11 is 0. The van der Waals surface area contributed by atoms with Crippen molar-refractivity contribution in [3.63, 3.8) is 0 Å². The zero-order valence-electron chi connectivity index (χ0n) is 46.5. The van der Waals surface area contributed by atoms with Gasteiger partial charge in [-0.2, -0.15) is 0 Å². The number of nitrogens with one attached hydrogen (secondary N) is 2. The molecule has 0 atom stereocenters. The summed E-state index contributed by atoms with van der Waals surface area (Å²) in [7, 11) is 0. The number of aromatic nitrogens is 3. The highest BCUT2D eigenvalue weighted by Gasteiger charge is 2.24. The molecule has 6 heterocycles. The number of allylic oxidation sites excluding steroid dienone is 1. The molecule has 0 saturated carbocycles. The van der Waals surface area contributed by atoms with Crippen LogP contribution in [-0.2, 0) is 0 Å². The maximum Gasteiger partial charge on any atom is 0.274 e. The average molecular weight is 1070 g/mol.